The molecule has 1 N–H and O–H groups in total. The maximum atomic E-state index is 12.6. The van der Waals surface area contributed by atoms with E-state index < -0.39 is 0 Å². The molecule has 150 valence electrons. The van der Waals surface area contributed by atoms with E-state index >= 15 is 0 Å². The van der Waals surface area contributed by atoms with E-state index in [1.807, 2.05) is 42.5 Å². The van der Waals surface area contributed by atoms with E-state index in [0.717, 1.165) is 47.8 Å². The van der Waals surface area contributed by atoms with Crippen molar-refractivity contribution in [3.63, 3.8) is 0 Å². The average Bonchev–Trinajstić information content (AvgIpc) is 3.19. The molecule has 1 saturated heterocycles. The van der Waals surface area contributed by atoms with Gasteiger partial charge in [-0.05, 0) is 43.7 Å². The van der Waals surface area contributed by atoms with Crippen LogP contribution in [0, 0.1) is 0 Å². The topological polar surface area (TPSA) is 60.0 Å². The lowest BCUT2D eigenvalue weighted by Gasteiger charge is -2.26. The van der Waals surface area contributed by atoms with Crippen LogP contribution in [-0.4, -0.2) is 45.2 Å². The van der Waals surface area contributed by atoms with Crippen LogP contribution in [0.1, 0.15) is 30.0 Å². The minimum Gasteiger partial charge on any atom is -0.497 e. The van der Waals surface area contributed by atoms with Crippen LogP contribution in [0.15, 0.2) is 42.5 Å². The Morgan fingerprint density at radius 3 is 2.61 bits per heavy atom. The van der Waals surface area contributed by atoms with Crippen LogP contribution in [0.2, 0.25) is 0 Å². The number of hydrogen-bond donors (Lipinski definition) is 1. The molecule has 3 rings (SSSR count). The second kappa shape index (κ2) is 9.46. The van der Waals surface area contributed by atoms with Gasteiger partial charge in [0.15, 0.2) is 0 Å². The Bertz CT molecular complexity index is 809. The number of rotatable bonds is 8. The number of carbonyl (C=O) groups excluding carboxylic acids is 1. The summed E-state index contributed by atoms with van der Waals surface area (Å²) in [5.74, 6) is 2.40. The summed E-state index contributed by atoms with van der Waals surface area (Å²) in [7, 11) is 4.96. The third-order valence-electron chi connectivity index (χ3n) is 5.17. The molecule has 0 aromatic heterocycles. The van der Waals surface area contributed by atoms with Crippen LogP contribution in [-0.2, 0) is 11.3 Å². The largest absolute Gasteiger partial charge is 0.497 e. The highest BCUT2D eigenvalue weighted by atomic mass is 16.5. The highest BCUT2D eigenvalue weighted by molar-refractivity contribution is 5.78. The Morgan fingerprint density at radius 1 is 1.07 bits per heavy atom. The standard InChI is InChI=1S/C22H28N2O4/c1-26-17-10-11-21(28-3)18(13-17)19-8-6-12-24(19)15-22(25)23-14-16-7-4-5-9-20(16)27-2/h4-5,7,9-11,13,19H,6,8,12,14-15H2,1-3H3,(H,23,25). The molecule has 1 aliphatic rings. The van der Waals surface area contributed by atoms with E-state index in [1.165, 1.54) is 0 Å². The smallest absolute Gasteiger partial charge is 0.234 e. The predicted molar refractivity (Wildman–Crippen MR) is 108 cm³/mol. The number of methoxy groups -OCH3 is 3. The molecule has 1 heterocycles. The summed E-state index contributed by atoms with van der Waals surface area (Å²) < 4.78 is 16.3. The van der Waals surface area contributed by atoms with Crippen molar-refractivity contribution in [1.82, 2.24) is 10.2 Å². The van der Waals surface area contributed by atoms with Crippen LogP contribution >= 0.6 is 0 Å². The van der Waals surface area contributed by atoms with Gasteiger partial charge < -0.3 is 19.5 Å². The number of likely N-dealkylation sites (tertiary alicyclic amines) is 1. The van der Waals surface area contributed by atoms with Gasteiger partial charge in [-0.2, -0.15) is 0 Å². The lowest BCUT2D eigenvalue weighted by atomic mass is 10.0. The molecule has 1 aliphatic heterocycles. The molecule has 1 unspecified atom stereocenters. The number of carbonyl (C=O) groups is 1. The molecule has 1 fully saturated rings. The molecule has 6 heteroatoms. The number of nitrogens with one attached hydrogen (secondary N) is 1. The van der Waals surface area contributed by atoms with Gasteiger partial charge in [-0.1, -0.05) is 18.2 Å². The fourth-order valence-electron chi connectivity index (χ4n) is 3.75. The molecule has 0 radical (unpaired) electrons. The van der Waals surface area contributed by atoms with Crippen molar-refractivity contribution in [2.75, 3.05) is 34.4 Å². The molecule has 2 aromatic carbocycles. The summed E-state index contributed by atoms with van der Waals surface area (Å²) in [4.78, 5) is 14.8. The van der Waals surface area contributed by atoms with E-state index in [1.54, 1.807) is 21.3 Å². The number of nitrogens with zero attached hydrogens (tertiary/aromatic N) is 1. The van der Waals surface area contributed by atoms with Gasteiger partial charge in [0.1, 0.15) is 17.2 Å². The number of para-hydroxylation sites is 1. The van der Waals surface area contributed by atoms with Crippen LogP contribution in [0.3, 0.4) is 0 Å². The maximum absolute atomic E-state index is 12.6. The van der Waals surface area contributed by atoms with Crippen molar-refractivity contribution in [2.45, 2.75) is 25.4 Å². The molecular formula is C22H28N2O4. The van der Waals surface area contributed by atoms with Crippen LogP contribution in [0.5, 0.6) is 17.2 Å². The van der Waals surface area contributed by atoms with E-state index in [-0.39, 0.29) is 11.9 Å². The molecule has 0 bridgehead atoms. The molecule has 0 spiro atoms. The fraction of sp³-hybridized carbons (Fsp3) is 0.409. The maximum Gasteiger partial charge on any atom is 0.234 e. The lowest BCUT2D eigenvalue weighted by Crippen LogP contribution is -2.36. The summed E-state index contributed by atoms with van der Waals surface area (Å²) in [6.07, 6.45) is 2.04. The van der Waals surface area contributed by atoms with Crippen LogP contribution < -0.4 is 19.5 Å². The zero-order valence-corrected chi connectivity index (χ0v) is 16.7. The molecule has 28 heavy (non-hydrogen) atoms. The highest BCUT2D eigenvalue weighted by Gasteiger charge is 2.30. The first-order chi connectivity index (χ1) is 13.7. The van der Waals surface area contributed by atoms with Crippen LogP contribution in [0.4, 0.5) is 0 Å². The summed E-state index contributed by atoms with van der Waals surface area (Å²) in [6.45, 7) is 1.68. The van der Waals surface area contributed by atoms with Gasteiger partial charge >= 0.3 is 0 Å². The zero-order valence-electron chi connectivity index (χ0n) is 16.7. The van der Waals surface area contributed by atoms with Crippen molar-refractivity contribution in [3.8, 4) is 17.2 Å². The molecule has 0 saturated carbocycles. The second-order valence-corrected chi connectivity index (χ2v) is 6.82. The van der Waals surface area contributed by atoms with Crippen molar-refractivity contribution in [3.05, 3.63) is 53.6 Å². The van der Waals surface area contributed by atoms with E-state index in [9.17, 15) is 4.79 Å². The average molecular weight is 384 g/mol. The second-order valence-electron chi connectivity index (χ2n) is 6.82. The quantitative estimate of drug-likeness (QED) is 0.758. The molecule has 1 atom stereocenters. The Balaban J connectivity index is 1.66. The third kappa shape index (κ3) is 4.57. The first-order valence-corrected chi connectivity index (χ1v) is 9.50. The third-order valence-corrected chi connectivity index (χ3v) is 5.17. The Morgan fingerprint density at radius 2 is 1.86 bits per heavy atom. The normalized spacial score (nSPS) is 16.6. The fourth-order valence-corrected chi connectivity index (χ4v) is 3.75. The number of hydrogen-bond acceptors (Lipinski definition) is 5. The van der Waals surface area contributed by atoms with E-state index in [2.05, 4.69) is 10.2 Å². The van der Waals surface area contributed by atoms with Gasteiger partial charge in [-0.15, -0.1) is 0 Å². The monoisotopic (exact) mass is 384 g/mol. The summed E-state index contributed by atoms with van der Waals surface area (Å²) >= 11 is 0. The minimum absolute atomic E-state index is 0.000306. The molecule has 6 nitrogen and oxygen atoms in total. The van der Waals surface area contributed by atoms with Gasteiger partial charge in [0.2, 0.25) is 5.91 Å². The molecular weight excluding hydrogens is 356 g/mol. The molecule has 0 aliphatic carbocycles. The van der Waals surface area contributed by atoms with Gasteiger partial charge in [0.05, 0.1) is 27.9 Å². The van der Waals surface area contributed by atoms with Gasteiger partial charge in [0.25, 0.3) is 0 Å². The van der Waals surface area contributed by atoms with Crippen molar-refractivity contribution in [1.29, 1.82) is 0 Å². The van der Waals surface area contributed by atoms with Crippen molar-refractivity contribution < 1.29 is 19.0 Å². The van der Waals surface area contributed by atoms with Gasteiger partial charge in [-0.25, -0.2) is 0 Å². The summed E-state index contributed by atoms with van der Waals surface area (Å²) in [6, 6.07) is 13.7. The predicted octanol–water partition coefficient (Wildman–Crippen LogP) is 3.17. The Kier molecular flexibility index (Phi) is 6.76. The number of ether oxygens (including phenoxy) is 3. The number of amides is 1. The first kappa shape index (κ1) is 20.0. The zero-order chi connectivity index (χ0) is 19.9. The SMILES string of the molecule is COc1ccc(OC)c(C2CCCN2CC(=O)NCc2ccccc2OC)c1. The lowest BCUT2D eigenvalue weighted by molar-refractivity contribution is -0.122. The summed E-state index contributed by atoms with van der Waals surface area (Å²) in [5, 5.41) is 3.01. The van der Waals surface area contributed by atoms with Crippen molar-refractivity contribution in [2.24, 2.45) is 0 Å². The first-order valence-electron chi connectivity index (χ1n) is 9.50. The minimum atomic E-state index is -0.000306. The number of benzene rings is 2. The van der Waals surface area contributed by atoms with Gasteiger partial charge in [0, 0.05) is 23.7 Å². The Hall–Kier alpha value is -2.73. The van der Waals surface area contributed by atoms with Gasteiger partial charge in [-0.3, -0.25) is 9.69 Å². The van der Waals surface area contributed by atoms with E-state index in [0.29, 0.717) is 13.1 Å². The van der Waals surface area contributed by atoms with E-state index in [4.69, 9.17) is 14.2 Å². The Labute approximate surface area is 166 Å². The molecule has 1 amide bonds. The summed E-state index contributed by atoms with van der Waals surface area (Å²) in [5.41, 5.74) is 2.03. The van der Waals surface area contributed by atoms with Crippen LogP contribution in [0.25, 0.3) is 0 Å². The van der Waals surface area contributed by atoms with Crippen molar-refractivity contribution >= 4 is 5.91 Å². The highest BCUT2D eigenvalue weighted by Crippen LogP contribution is 2.38. The molecule has 2 aromatic rings.